The molecule has 1 aliphatic carbocycles. The molecule has 1 amide bonds. The Hall–Kier alpha value is -2.58. The summed E-state index contributed by atoms with van der Waals surface area (Å²) in [5, 5.41) is 2.69. The van der Waals surface area contributed by atoms with Crippen LogP contribution in [0.4, 0.5) is 11.4 Å². The monoisotopic (exact) mass is 375 g/mol. The van der Waals surface area contributed by atoms with Gasteiger partial charge in [0.05, 0.1) is 23.2 Å². The van der Waals surface area contributed by atoms with Crippen molar-refractivity contribution in [2.75, 3.05) is 17.1 Å². The number of para-hydroxylation sites is 2. The molecule has 1 saturated carbocycles. The first kappa shape index (κ1) is 18.2. The zero-order valence-corrected chi connectivity index (χ0v) is 15.4. The topological polar surface area (TPSA) is 111 Å². The molecular formula is C18H21N3O4S. The first-order chi connectivity index (χ1) is 12.2. The first-order valence-corrected chi connectivity index (χ1v) is 9.60. The maximum Gasteiger partial charge on any atom is 0.262 e. The van der Waals surface area contributed by atoms with Crippen molar-refractivity contribution < 1.29 is 17.9 Å². The lowest BCUT2D eigenvalue weighted by Crippen LogP contribution is -2.37. The van der Waals surface area contributed by atoms with Gasteiger partial charge in [-0.15, -0.1) is 0 Å². The molecule has 0 saturated heterocycles. The maximum absolute atomic E-state index is 12.8. The number of nitrogens with two attached hydrogens (primary N) is 1. The minimum atomic E-state index is -3.87. The van der Waals surface area contributed by atoms with Crippen LogP contribution in [0.5, 0.6) is 5.75 Å². The van der Waals surface area contributed by atoms with E-state index in [4.69, 9.17) is 10.5 Å². The van der Waals surface area contributed by atoms with Crippen molar-refractivity contribution >= 4 is 27.3 Å². The Kier molecular flexibility index (Phi) is 4.64. The summed E-state index contributed by atoms with van der Waals surface area (Å²) in [4.78, 5) is 12.2. The van der Waals surface area contributed by atoms with Crippen LogP contribution in [0.25, 0.3) is 0 Å². The van der Waals surface area contributed by atoms with E-state index >= 15 is 0 Å². The second-order valence-electron chi connectivity index (χ2n) is 6.40. The molecule has 0 aliphatic heterocycles. The molecule has 4 N–H and O–H groups in total. The van der Waals surface area contributed by atoms with Crippen molar-refractivity contribution in [3.63, 3.8) is 0 Å². The number of sulfonamides is 1. The van der Waals surface area contributed by atoms with Crippen LogP contribution in [0, 0.1) is 6.92 Å². The highest BCUT2D eigenvalue weighted by Gasteiger charge is 2.46. The zero-order valence-electron chi connectivity index (χ0n) is 14.6. The van der Waals surface area contributed by atoms with Gasteiger partial charge in [0.15, 0.2) is 0 Å². The highest BCUT2D eigenvalue weighted by molar-refractivity contribution is 7.92. The lowest BCUT2D eigenvalue weighted by molar-refractivity contribution is -0.118. The van der Waals surface area contributed by atoms with Gasteiger partial charge in [0.25, 0.3) is 10.0 Å². The largest absolute Gasteiger partial charge is 0.495 e. The molecule has 2 aromatic rings. The molecule has 8 heteroatoms. The Labute approximate surface area is 152 Å². The molecule has 26 heavy (non-hydrogen) atoms. The lowest BCUT2D eigenvalue weighted by Gasteiger charge is -2.15. The molecule has 0 heterocycles. The summed E-state index contributed by atoms with van der Waals surface area (Å²) in [7, 11) is -2.40. The molecule has 0 spiro atoms. The van der Waals surface area contributed by atoms with Gasteiger partial charge in [0.2, 0.25) is 5.91 Å². The molecule has 138 valence electrons. The van der Waals surface area contributed by atoms with Crippen molar-refractivity contribution in [2.45, 2.75) is 30.2 Å². The molecule has 2 aromatic carbocycles. The van der Waals surface area contributed by atoms with Crippen LogP contribution in [-0.4, -0.2) is 27.0 Å². The van der Waals surface area contributed by atoms with Gasteiger partial charge in [0.1, 0.15) is 5.75 Å². The summed E-state index contributed by atoms with van der Waals surface area (Å²) in [5.74, 6) is 0.111. The third kappa shape index (κ3) is 3.66. The normalized spacial score (nSPS) is 15.2. The van der Waals surface area contributed by atoms with Crippen LogP contribution < -0.4 is 20.5 Å². The van der Waals surface area contributed by atoms with E-state index in [0.717, 1.165) is 0 Å². The summed E-state index contributed by atoms with van der Waals surface area (Å²) in [5.41, 5.74) is 6.31. The first-order valence-electron chi connectivity index (χ1n) is 8.12. The fourth-order valence-corrected chi connectivity index (χ4v) is 3.86. The summed E-state index contributed by atoms with van der Waals surface area (Å²) < 4.78 is 33.4. The number of amides is 1. The fraction of sp³-hybridized carbons (Fsp3) is 0.278. The molecule has 0 unspecified atom stereocenters. The number of hydrogen-bond donors (Lipinski definition) is 3. The molecule has 3 rings (SSSR count). The van der Waals surface area contributed by atoms with Gasteiger partial charge in [-0.3, -0.25) is 9.52 Å². The Bertz CT molecular complexity index is 953. The number of rotatable bonds is 6. The van der Waals surface area contributed by atoms with Gasteiger partial charge in [0, 0.05) is 5.69 Å². The Morgan fingerprint density at radius 3 is 2.54 bits per heavy atom. The van der Waals surface area contributed by atoms with Crippen molar-refractivity contribution in [3.8, 4) is 5.75 Å². The summed E-state index contributed by atoms with van der Waals surface area (Å²) >= 11 is 0. The molecule has 0 aromatic heterocycles. The quantitative estimate of drug-likeness (QED) is 0.717. The Morgan fingerprint density at radius 2 is 1.88 bits per heavy atom. The van der Waals surface area contributed by atoms with E-state index in [1.807, 2.05) is 0 Å². The number of carbonyl (C=O) groups excluding carboxylic acids is 1. The SMILES string of the molecule is COc1ccccc1NS(=O)(=O)c1cc(NC(=O)C2(N)CC2)ccc1C. The van der Waals surface area contributed by atoms with Crippen LogP contribution >= 0.6 is 0 Å². The average Bonchev–Trinajstić information content (AvgIpc) is 3.35. The van der Waals surface area contributed by atoms with E-state index in [1.54, 1.807) is 43.3 Å². The number of aryl methyl sites for hydroxylation is 1. The second kappa shape index (κ2) is 6.62. The van der Waals surface area contributed by atoms with Gasteiger partial charge in [-0.2, -0.15) is 0 Å². The third-order valence-corrected chi connectivity index (χ3v) is 5.84. The smallest absolute Gasteiger partial charge is 0.262 e. The van der Waals surface area contributed by atoms with Crippen LogP contribution in [0.1, 0.15) is 18.4 Å². The molecular weight excluding hydrogens is 354 g/mol. The number of anilines is 2. The van der Waals surface area contributed by atoms with E-state index in [1.165, 1.54) is 13.2 Å². The summed E-state index contributed by atoms with van der Waals surface area (Å²) in [6.07, 6.45) is 1.26. The maximum atomic E-state index is 12.8. The number of nitrogens with one attached hydrogen (secondary N) is 2. The molecule has 0 bridgehead atoms. The van der Waals surface area contributed by atoms with Crippen molar-refractivity contribution in [1.82, 2.24) is 0 Å². The minimum Gasteiger partial charge on any atom is -0.495 e. The second-order valence-corrected chi connectivity index (χ2v) is 8.05. The highest BCUT2D eigenvalue weighted by Crippen LogP contribution is 2.34. The molecule has 0 atom stereocenters. The van der Waals surface area contributed by atoms with Gasteiger partial charge < -0.3 is 15.8 Å². The van der Waals surface area contributed by atoms with Gasteiger partial charge in [-0.1, -0.05) is 18.2 Å². The van der Waals surface area contributed by atoms with E-state index in [-0.39, 0.29) is 10.8 Å². The predicted octanol–water partition coefficient (Wildman–Crippen LogP) is 2.23. The van der Waals surface area contributed by atoms with Gasteiger partial charge in [-0.25, -0.2) is 8.42 Å². The van der Waals surface area contributed by atoms with E-state index in [2.05, 4.69) is 10.0 Å². The average molecular weight is 375 g/mol. The van der Waals surface area contributed by atoms with Crippen LogP contribution in [0.3, 0.4) is 0 Å². The Morgan fingerprint density at radius 1 is 1.19 bits per heavy atom. The molecule has 1 fully saturated rings. The zero-order chi connectivity index (χ0) is 18.9. The van der Waals surface area contributed by atoms with Gasteiger partial charge >= 0.3 is 0 Å². The predicted molar refractivity (Wildman–Crippen MR) is 99.8 cm³/mol. The van der Waals surface area contributed by atoms with Crippen molar-refractivity contribution in [3.05, 3.63) is 48.0 Å². The number of hydrogen-bond acceptors (Lipinski definition) is 5. The van der Waals surface area contributed by atoms with E-state index in [9.17, 15) is 13.2 Å². The number of ether oxygens (including phenoxy) is 1. The number of methoxy groups -OCH3 is 1. The van der Waals surface area contributed by atoms with Crippen LogP contribution in [0.15, 0.2) is 47.4 Å². The summed E-state index contributed by atoms with van der Waals surface area (Å²) in [6.45, 7) is 1.69. The van der Waals surface area contributed by atoms with E-state index in [0.29, 0.717) is 35.5 Å². The van der Waals surface area contributed by atoms with Crippen molar-refractivity contribution in [2.24, 2.45) is 5.73 Å². The van der Waals surface area contributed by atoms with Crippen LogP contribution in [-0.2, 0) is 14.8 Å². The van der Waals surface area contributed by atoms with Crippen LogP contribution in [0.2, 0.25) is 0 Å². The van der Waals surface area contributed by atoms with Gasteiger partial charge in [-0.05, 0) is 49.6 Å². The Balaban J connectivity index is 1.89. The molecule has 7 nitrogen and oxygen atoms in total. The minimum absolute atomic E-state index is 0.0723. The summed E-state index contributed by atoms with van der Waals surface area (Å²) in [6, 6.07) is 11.5. The lowest BCUT2D eigenvalue weighted by atomic mass is 10.2. The number of benzene rings is 2. The third-order valence-electron chi connectivity index (χ3n) is 4.33. The fourth-order valence-electron chi connectivity index (χ4n) is 2.51. The standard InChI is InChI=1S/C18H21N3O4S/c1-12-7-8-13(20-17(22)18(19)9-10-18)11-16(12)26(23,24)21-14-5-3-4-6-15(14)25-2/h3-8,11,21H,9-10,19H2,1-2H3,(H,20,22). The highest BCUT2D eigenvalue weighted by atomic mass is 32.2. The molecule has 0 radical (unpaired) electrons. The molecule has 1 aliphatic rings. The number of carbonyl (C=O) groups is 1. The van der Waals surface area contributed by atoms with Crippen molar-refractivity contribution in [1.29, 1.82) is 0 Å². The van der Waals surface area contributed by atoms with E-state index < -0.39 is 15.6 Å².